The third-order valence-corrected chi connectivity index (χ3v) is 5.37. The quantitative estimate of drug-likeness (QED) is 0.520. The highest BCUT2D eigenvalue weighted by atomic mass is 35.5. The maximum Gasteiger partial charge on any atom is 0.272 e. The van der Waals surface area contributed by atoms with Gasteiger partial charge >= 0.3 is 0 Å². The number of nitrogens with zero attached hydrogens (tertiary/aromatic N) is 2. The Morgan fingerprint density at radius 2 is 1.82 bits per heavy atom. The van der Waals surface area contributed by atoms with Crippen molar-refractivity contribution in [1.29, 1.82) is 0 Å². The van der Waals surface area contributed by atoms with E-state index in [1.54, 1.807) is 54.7 Å². The molecule has 1 unspecified atom stereocenters. The van der Waals surface area contributed by atoms with Gasteiger partial charge in [-0.3, -0.25) is 4.98 Å². The van der Waals surface area contributed by atoms with E-state index in [9.17, 15) is 13.2 Å². The monoisotopic (exact) mass is 402 g/mol. The van der Waals surface area contributed by atoms with Crippen LogP contribution in [0.3, 0.4) is 0 Å². The van der Waals surface area contributed by atoms with Crippen molar-refractivity contribution < 1.29 is 13.2 Å². The number of hydrogen-bond donors (Lipinski definition) is 0. The van der Waals surface area contributed by atoms with Gasteiger partial charge in [0.25, 0.3) is 5.92 Å². The second-order valence-corrected chi connectivity index (χ2v) is 7.39. The van der Waals surface area contributed by atoms with Crippen LogP contribution in [0.2, 0.25) is 5.02 Å². The Hall–Kier alpha value is -2.53. The summed E-state index contributed by atoms with van der Waals surface area (Å²) in [6.07, 6.45) is 1.86. The van der Waals surface area contributed by atoms with E-state index in [1.807, 2.05) is 6.07 Å². The molecule has 6 heteroatoms. The number of pyridine rings is 1. The number of piperidine rings is 1. The van der Waals surface area contributed by atoms with E-state index >= 15 is 0 Å². The molecule has 28 heavy (non-hydrogen) atoms. The van der Waals surface area contributed by atoms with E-state index in [0.717, 1.165) is 0 Å². The zero-order valence-electron chi connectivity index (χ0n) is 15.0. The summed E-state index contributed by atoms with van der Waals surface area (Å²) in [5.41, 5.74) is 2.00. The largest absolute Gasteiger partial charge is 0.363 e. The maximum absolute atomic E-state index is 14.9. The number of hydrogen-bond acceptors (Lipinski definition) is 2. The van der Waals surface area contributed by atoms with Crippen LogP contribution in [-0.4, -0.2) is 24.0 Å². The molecule has 0 N–H and O–H groups in total. The summed E-state index contributed by atoms with van der Waals surface area (Å²) in [6, 6.07) is 16.5. The fourth-order valence-electron chi connectivity index (χ4n) is 3.71. The average Bonchev–Trinajstić information content (AvgIpc) is 2.69. The molecule has 0 saturated carbocycles. The highest BCUT2D eigenvalue weighted by molar-refractivity contribution is 6.30. The van der Waals surface area contributed by atoms with Gasteiger partial charge in [-0.05, 0) is 48.4 Å². The van der Waals surface area contributed by atoms with Gasteiger partial charge < -0.3 is 4.90 Å². The fraction of sp³-hybridized carbons (Fsp3) is 0.227. The fourth-order valence-corrected chi connectivity index (χ4v) is 3.83. The van der Waals surface area contributed by atoms with Crippen LogP contribution in [0.4, 0.5) is 18.9 Å². The van der Waals surface area contributed by atoms with E-state index in [2.05, 4.69) is 4.98 Å². The Kier molecular flexibility index (Phi) is 5.02. The topological polar surface area (TPSA) is 16.1 Å². The first-order chi connectivity index (χ1) is 13.4. The maximum atomic E-state index is 14.9. The second-order valence-electron chi connectivity index (χ2n) is 6.96. The van der Waals surface area contributed by atoms with Gasteiger partial charge in [-0.15, -0.1) is 0 Å². The molecule has 0 aliphatic carbocycles. The number of benzene rings is 2. The van der Waals surface area contributed by atoms with E-state index in [1.165, 1.54) is 11.0 Å². The van der Waals surface area contributed by atoms with Crippen molar-refractivity contribution in [2.45, 2.75) is 18.3 Å². The van der Waals surface area contributed by atoms with Gasteiger partial charge in [0.15, 0.2) is 0 Å². The molecule has 0 bridgehead atoms. The van der Waals surface area contributed by atoms with Crippen molar-refractivity contribution in [3.05, 3.63) is 83.3 Å². The molecule has 1 aromatic heterocycles. The molecule has 2 nitrogen and oxygen atoms in total. The Balaban J connectivity index is 1.56. The lowest BCUT2D eigenvalue weighted by Crippen LogP contribution is -2.47. The van der Waals surface area contributed by atoms with E-state index < -0.39 is 24.2 Å². The first-order valence-electron chi connectivity index (χ1n) is 9.03. The molecule has 0 spiro atoms. The molecular weight excluding hydrogens is 385 g/mol. The van der Waals surface area contributed by atoms with Crippen LogP contribution in [0.15, 0.2) is 66.9 Å². The lowest BCUT2D eigenvalue weighted by Gasteiger charge is -2.40. The van der Waals surface area contributed by atoms with Crippen LogP contribution in [0.25, 0.3) is 11.3 Å². The molecule has 4 rings (SSSR count). The summed E-state index contributed by atoms with van der Waals surface area (Å²) in [6.45, 7) is -0.178. The third kappa shape index (κ3) is 3.72. The molecule has 1 aliphatic heterocycles. The Morgan fingerprint density at radius 1 is 1.04 bits per heavy atom. The summed E-state index contributed by atoms with van der Waals surface area (Å²) >= 11 is 5.86. The highest BCUT2D eigenvalue weighted by Crippen LogP contribution is 2.42. The van der Waals surface area contributed by atoms with Gasteiger partial charge in [-0.1, -0.05) is 35.9 Å². The van der Waals surface area contributed by atoms with Crippen LogP contribution in [0.1, 0.15) is 17.9 Å². The standard InChI is InChI=1S/C22H18ClF3N2/c23-17-7-4-15(5-8-17)18-10-12-28(14-22(18,25)26)21-9-6-16(13-19(21)24)20-3-1-2-11-27-20/h1-9,11,13,18H,10,12,14H2. The van der Waals surface area contributed by atoms with E-state index in [0.29, 0.717) is 28.4 Å². The van der Waals surface area contributed by atoms with Crippen LogP contribution >= 0.6 is 11.6 Å². The molecule has 2 heterocycles. The van der Waals surface area contributed by atoms with Gasteiger partial charge in [0.2, 0.25) is 0 Å². The van der Waals surface area contributed by atoms with Gasteiger partial charge in [0.1, 0.15) is 5.82 Å². The van der Waals surface area contributed by atoms with Crippen LogP contribution < -0.4 is 4.90 Å². The molecule has 1 atom stereocenters. The Labute approximate surface area is 166 Å². The average molecular weight is 403 g/mol. The molecular formula is C22H18ClF3N2. The summed E-state index contributed by atoms with van der Waals surface area (Å²) in [5.74, 6) is -4.40. The normalized spacial score (nSPS) is 18.9. The van der Waals surface area contributed by atoms with Crippen LogP contribution in [0.5, 0.6) is 0 Å². The van der Waals surface area contributed by atoms with Crippen molar-refractivity contribution in [1.82, 2.24) is 4.98 Å². The number of aromatic nitrogens is 1. The zero-order valence-corrected chi connectivity index (χ0v) is 15.7. The summed E-state index contributed by atoms with van der Waals surface area (Å²) in [7, 11) is 0. The van der Waals surface area contributed by atoms with Crippen molar-refractivity contribution in [2.24, 2.45) is 0 Å². The number of halogens is 4. The summed E-state index contributed by atoms with van der Waals surface area (Å²) < 4.78 is 44.4. The predicted molar refractivity (Wildman–Crippen MR) is 106 cm³/mol. The minimum Gasteiger partial charge on any atom is -0.363 e. The Morgan fingerprint density at radius 3 is 2.46 bits per heavy atom. The summed E-state index contributed by atoms with van der Waals surface area (Å²) in [5, 5.41) is 0.513. The zero-order chi connectivity index (χ0) is 19.7. The van der Waals surface area contributed by atoms with Crippen LogP contribution in [-0.2, 0) is 0 Å². The van der Waals surface area contributed by atoms with Crippen molar-refractivity contribution in [2.75, 3.05) is 18.0 Å². The van der Waals surface area contributed by atoms with Crippen molar-refractivity contribution >= 4 is 17.3 Å². The third-order valence-electron chi connectivity index (χ3n) is 5.12. The molecule has 1 saturated heterocycles. The number of alkyl halides is 2. The van der Waals surface area contributed by atoms with Gasteiger partial charge in [0, 0.05) is 23.3 Å². The minimum absolute atomic E-state index is 0.189. The number of anilines is 1. The predicted octanol–water partition coefficient (Wildman–Crippen LogP) is 6.17. The first-order valence-corrected chi connectivity index (χ1v) is 9.41. The second kappa shape index (κ2) is 7.47. The molecule has 0 radical (unpaired) electrons. The lowest BCUT2D eigenvalue weighted by molar-refractivity contribution is -0.0332. The summed E-state index contributed by atoms with van der Waals surface area (Å²) in [4.78, 5) is 5.62. The molecule has 144 valence electrons. The molecule has 1 aliphatic rings. The molecule has 0 amide bonds. The highest BCUT2D eigenvalue weighted by Gasteiger charge is 2.45. The van der Waals surface area contributed by atoms with Crippen LogP contribution in [0, 0.1) is 5.82 Å². The minimum atomic E-state index is -2.97. The van der Waals surface area contributed by atoms with E-state index in [-0.39, 0.29) is 12.1 Å². The molecule has 2 aromatic carbocycles. The first kappa shape index (κ1) is 18.8. The van der Waals surface area contributed by atoms with Crippen molar-refractivity contribution in [3.63, 3.8) is 0 Å². The number of rotatable bonds is 3. The SMILES string of the molecule is Fc1cc(-c2ccccn2)ccc1N1CCC(c2ccc(Cl)cc2)C(F)(F)C1. The Bertz CT molecular complexity index is 961. The van der Waals surface area contributed by atoms with Crippen molar-refractivity contribution in [3.8, 4) is 11.3 Å². The van der Waals surface area contributed by atoms with Gasteiger partial charge in [-0.25, -0.2) is 13.2 Å². The van der Waals surface area contributed by atoms with Gasteiger partial charge in [0.05, 0.1) is 23.8 Å². The lowest BCUT2D eigenvalue weighted by atomic mass is 9.86. The molecule has 3 aromatic rings. The molecule has 1 fully saturated rings. The van der Waals surface area contributed by atoms with Gasteiger partial charge in [-0.2, -0.15) is 0 Å². The van der Waals surface area contributed by atoms with E-state index in [4.69, 9.17) is 11.6 Å². The smallest absolute Gasteiger partial charge is 0.272 e.